The highest BCUT2D eigenvalue weighted by Gasteiger charge is 2.24. The molecule has 2 heterocycles. The van der Waals surface area contributed by atoms with Crippen molar-refractivity contribution in [2.75, 3.05) is 24.5 Å². The molecule has 2 fully saturated rings. The fourth-order valence-corrected chi connectivity index (χ4v) is 3.86. The van der Waals surface area contributed by atoms with Crippen LogP contribution in [0.15, 0.2) is 24.3 Å². The smallest absolute Gasteiger partial charge is 0.303 e. The molecule has 0 radical (unpaired) electrons. The molecule has 1 aromatic rings. The van der Waals surface area contributed by atoms with Gasteiger partial charge in [-0.25, -0.2) is 0 Å². The Hall–Kier alpha value is -2.37. The van der Waals surface area contributed by atoms with Gasteiger partial charge in [-0.05, 0) is 49.3 Å². The third kappa shape index (κ3) is 4.62. The number of benzene rings is 1. The van der Waals surface area contributed by atoms with E-state index >= 15 is 0 Å². The van der Waals surface area contributed by atoms with E-state index in [1.807, 2.05) is 29.2 Å². The lowest BCUT2D eigenvalue weighted by molar-refractivity contribution is -0.137. The summed E-state index contributed by atoms with van der Waals surface area (Å²) in [7, 11) is 0. The van der Waals surface area contributed by atoms with Gasteiger partial charge < -0.3 is 14.9 Å². The van der Waals surface area contributed by atoms with E-state index in [0.29, 0.717) is 25.8 Å². The molecule has 2 amide bonds. The number of hydrogen-bond donors (Lipinski definition) is 1. The summed E-state index contributed by atoms with van der Waals surface area (Å²) in [6.07, 6.45) is 4.60. The number of amides is 2. The molecular formula is C20H26N2O4. The van der Waals surface area contributed by atoms with Crippen molar-refractivity contribution >= 4 is 23.5 Å². The van der Waals surface area contributed by atoms with Crippen molar-refractivity contribution in [1.29, 1.82) is 0 Å². The fourth-order valence-electron chi connectivity index (χ4n) is 3.86. The average molecular weight is 358 g/mol. The molecule has 0 aromatic heterocycles. The van der Waals surface area contributed by atoms with Gasteiger partial charge in [0.15, 0.2) is 0 Å². The maximum atomic E-state index is 12.6. The molecular weight excluding hydrogens is 332 g/mol. The van der Waals surface area contributed by atoms with Gasteiger partial charge in [0.05, 0.1) is 6.42 Å². The van der Waals surface area contributed by atoms with E-state index in [1.165, 1.54) is 0 Å². The minimum atomic E-state index is -0.773. The number of rotatable bonds is 6. The molecule has 0 spiro atoms. The molecule has 2 saturated heterocycles. The molecule has 0 unspecified atom stereocenters. The maximum Gasteiger partial charge on any atom is 0.303 e. The zero-order valence-corrected chi connectivity index (χ0v) is 15.0. The Morgan fingerprint density at radius 1 is 1.12 bits per heavy atom. The van der Waals surface area contributed by atoms with Crippen molar-refractivity contribution < 1.29 is 19.5 Å². The highest BCUT2D eigenvalue weighted by atomic mass is 16.4. The average Bonchev–Trinajstić information content (AvgIpc) is 3.07. The number of piperidine rings is 1. The Bertz CT molecular complexity index is 671. The topological polar surface area (TPSA) is 77.9 Å². The number of carboxylic acids is 1. The highest BCUT2D eigenvalue weighted by molar-refractivity contribution is 5.95. The second-order valence-corrected chi connectivity index (χ2v) is 7.27. The van der Waals surface area contributed by atoms with Crippen molar-refractivity contribution in [1.82, 2.24) is 4.90 Å². The Labute approximate surface area is 153 Å². The molecule has 2 aliphatic heterocycles. The van der Waals surface area contributed by atoms with Crippen LogP contribution in [0.25, 0.3) is 0 Å². The van der Waals surface area contributed by atoms with Crippen molar-refractivity contribution in [3.05, 3.63) is 29.8 Å². The summed E-state index contributed by atoms with van der Waals surface area (Å²) in [5, 5.41) is 8.83. The number of carbonyl (C=O) groups is 3. The van der Waals surface area contributed by atoms with Crippen LogP contribution in [0.4, 0.5) is 5.69 Å². The molecule has 0 bridgehead atoms. The minimum Gasteiger partial charge on any atom is -0.481 e. The first-order valence-corrected chi connectivity index (χ1v) is 9.42. The number of carbonyl (C=O) groups excluding carboxylic acids is 2. The van der Waals surface area contributed by atoms with Crippen molar-refractivity contribution in [2.45, 2.75) is 44.9 Å². The summed E-state index contributed by atoms with van der Waals surface area (Å²) in [6.45, 7) is 2.18. The van der Waals surface area contributed by atoms with Gasteiger partial charge in [0, 0.05) is 38.2 Å². The Morgan fingerprint density at radius 2 is 1.88 bits per heavy atom. The van der Waals surface area contributed by atoms with Gasteiger partial charge in [0.25, 0.3) is 0 Å². The normalized spacial score (nSPS) is 20.5. The summed E-state index contributed by atoms with van der Waals surface area (Å²) >= 11 is 0. The van der Waals surface area contributed by atoms with Crippen LogP contribution in [0.1, 0.15) is 44.1 Å². The zero-order chi connectivity index (χ0) is 18.5. The van der Waals surface area contributed by atoms with Crippen LogP contribution < -0.4 is 4.90 Å². The molecule has 1 N–H and O–H groups in total. The number of anilines is 1. The van der Waals surface area contributed by atoms with Crippen molar-refractivity contribution in [2.24, 2.45) is 5.92 Å². The standard InChI is InChI=1S/C20H26N2O4/c23-18-4-2-12-22(18)17-8-5-15(6-9-17)13-19(24)21-11-1-3-16(14-21)7-10-20(25)26/h5-6,8-9,16H,1-4,7,10-14H2,(H,25,26)/t16-/m1/s1. The molecule has 0 aliphatic carbocycles. The summed E-state index contributed by atoms with van der Waals surface area (Å²) < 4.78 is 0. The first kappa shape index (κ1) is 18.4. The van der Waals surface area contributed by atoms with Gasteiger partial charge in [-0.2, -0.15) is 0 Å². The molecule has 140 valence electrons. The monoisotopic (exact) mass is 358 g/mol. The minimum absolute atomic E-state index is 0.0926. The van der Waals surface area contributed by atoms with Gasteiger partial charge >= 0.3 is 5.97 Å². The summed E-state index contributed by atoms with van der Waals surface area (Å²) in [5.41, 5.74) is 1.84. The zero-order valence-electron chi connectivity index (χ0n) is 15.0. The predicted octanol–water partition coefficient (Wildman–Crippen LogP) is 2.46. The van der Waals surface area contributed by atoms with E-state index in [1.54, 1.807) is 4.90 Å². The lowest BCUT2D eigenvalue weighted by Gasteiger charge is -2.32. The lowest BCUT2D eigenvalue weighted by Crippen LogP contribution is -2.40. The molecule has 2 aliphatic rings. The lowest BCUT2D eigenvalue weighted by atomic mass is 9.93. The Kier molecular flexibility index (Phi) is 5.91. The summed E-state index contributed by atoms with van der Waals surface area (Å²) in [5.74, 6) is -0.234. The molecule has 1 aromatic carbocycles. The van der Waals surface area contributed by atoms with Crippen LogP contribution >= 0.6 is 0 Å². The van der Waals surface area contributed by atoms with Crippen molar-refractivity contribution in [3.8, 4) is 0 Å². The fraction of sp³-hybridized carbons (Fsp3) is 0.550. The summed E-state index contributed by atoms with van der Waals surface area (Å²) in [6, 6.07) is 7.67. The second kappa shape index (κ2) is 8.34. The number of likely N-dealkylation sites (tertiary alicyclic amines) is 1. The van der Waals surface area contributed by atoms with E-state index < -0.39 is 5.97 Å². The quantitative estimate of drug-likeness (QED) is 0.847. The van der Waals surface area contributed by atoms with Crippen LogP contribution in [0.3, 0.4) is 0 Å². The molecule has 1 atom stereocenters. The van der Waals surface area contributed by atoms with Crippen LogP contribution in [0, 0.1) is 5.92 Å². The van der Waals surface area contributed by atoms with Gasteiger partial charge in [-0.1, -0.05) is 12.1 Å². The Morgan fingerprint density at radius 3 is 2.54 bits per heavy atom. The van der Waals surface area contributed by atoms with Gasteiger partial charge in [0.1, 0.15) is 0 Å². The SMILES string of the molecule is O=C(O)CC[C@H]1CCCN(C(=O)Cc2ccc(N3CCCC3=O)cc2)C1. The number of carboxylic acid groups (broad SMARTS) is 1. The van der Waals surface area contributed by atoms with Gasteiger partial charge in [-0.3, -0.25) is 14.4 Å². The van der Waals surface area contributed by atoms with E-state index in [-0.39, 0.29) is 24.2 Å². The van der Waals surface area contributed by atoms with Crippen LogP contribution in [0.2, 0.25) is 0 Å². The van der Waals surface area contributed by atoms with E-state index in [4.69, 9.17) is 5.11 Å². The van der Waals surface area contributed by atoms with E-state index in [0.717, 1.165) is 43.6 Å². The Balaban J connectivity index is 1.54. The van der Waals surface area contributed by atoms with Gasteiger partial charge in [0.2, 0.25) is 11.8 Å². The third-order valence-electron chi connectivity index (χ3n) is 5.31. The molecule has 26 heavy (non-hydrogen) atoms. The van der Waals surface area contributed by atoms with Crippen molar-refractivity contribution in [3.63, 3.8) is 0 Å². The third-order valence-corrected chi connectivity index (χ3v) is 5.31. The summed E-state index contributed by atoms with van der Waals surface area (Å²) in [4.78, 5) is 38.8. The number of hydrogen-bond acceptors (Lipinski definition) is 3. The first-order chi connectivity index (χ1) is 12.5. The van der Waals surface area contributed by atoms with Crippen LogP contribution in [-0.4, -0.2) is 47.4 Å². The number of aliphatic carboxylic acids is 1. The predicted molar refractivity (Wildman–Crippen MR) is 97.9 cm³/mol. The molecule has 6 heteroatoms. The van der Waals surface area contributed by atoms with E-state index in [9.17, 15) is 14.4 Å². The highest BCUT2D eigenvalue weighted by Crippen LogP contribution is 2.24. The molecule has 6 nitrogen and oxygen atoms in total. The molecule has 0 saturated carbocycles. The second-order valence-electron chi connectivity index (χ2n) is 7.27. The van der Waals surface area contributed by atoms with Crippen LogP contribution in [-0.2, 0) is 20.8 Å². The van der Waals surface area contributed by atoms with Gasteiger partial charge in [-0.15, -0.1) is 0 Å². The van der Waals surface area contributed by atoms with E-state index in [2.05, 4.69) is 0 Å². The number of nitrogens with zero attached hydrogens (tertiary/aromatic N) is 2. The first-order valence-electron chi connectivity index (χ1n) is 9.42. The molecule has 3 rings (SSSR count). The van der Waals surface area contributed by atoms with Crippen LogP contribution in [0.5, 0.6) is 0 Å². The largest absolute Gasteiger partial charge is 0.481 e. The maximum absolute atomic E-state index is 12.6.